The zero-order valence-corrected chi connectivity index (χ0v) is 15.3. The molecule has 0 aliphatic rings. The molecule has 0 amide bonds. The molecule has 4 heteroatoms. The van der Waals surface area contributed by atoms with Gasteiger partial charge in [0.15, 0.2) is 4.98 Å². The molecule has 0 unspecified atom stereocenters. The molecule has 2 aromatic carbocycles. The summed E-state index contributed by atoms with van der Waals surface area (Å²) in [4.78, 5) is 3.22. The van der Waals surface area contributed by atoms with Gasteiger partial charge in [0.1, 0.15) is 5.75 Å². The molecule has 0 aliphatic heterocycles. The van der Waals surface area contributed by atoms with Crippen LogP contribution in [0.15, 0.2) is 42.5 Å². The Hall–Kier alpha value is -2.05. The normalized spacial score (nSPS) is 11.1. The molecule has 0 spiro atoms. The summed E-state index contributed by atoms with van der Waals surface area (Å²) in [5, 5.41) is 9.56. The number of ether oxygens (including phenoxy) is 1. The molecule has 2 rings (SSSR count). The molecule has 3 nitrogen and oxygen atoms in total. The number of halogens is 1. The molecular formula is C20H24ClN2O+. The van der Waals surface area contributed by atoms with Crippen molar-refractivity contribution in [3.05, 3.63) is 58.0 Å². The summed E-state index contributed by atoms with van der Waals surface area (Å²) >= 11 is 5.89. The van der Waals surface area contributed by atoms with Crippen molar-refractivity contribution in [1.29, 1.82) is 5.39 Å². The van der Waals surface area contributed by atoms with Gasteiger partial charge in [-0.1, -0.05) is 63.8 Å². The highest BCUT2D eigenvalue weighted by atomic mass is 35.5. The summed E-state index contributed by atoms with van der Waals surface area (Å²) in [6.07, 6.45) is 4.93. The largest absolute Gasteiger partial charge is 0.449 e. The van der Waals surface area contributed by atoms with Gasteiger partial charge in [0, 0.05) is 5.02 Å². The Kier molecular flexibility index (Phi) is 6.23. The van der Waals surface area contributed by atoms with Gasteiger partial charge in [-0.2, -0.15) is 0 Å². The van der Waals surface area contributed by atoms with Gasteiger partial charge in [-0.3, -0.25) is 0 Å². The van der Waals surface area contributed by atoms with Gasteiger partial charge in [0.2, 0.25) is 11.1 Å². The van der Waals surface area contributed by atoms with Crippen LogP contribution in [-0.4, -0.2) is 0 Å². The van der Waals surface area contributed by atoms with E-state index in [0.29, 0.717) is 22.2 Å². The zero-order valence-electron chi connectivity index (χ0n) is 14.6. The van der Waals surface area contributed by atoms with Crippen LogP contribution in [0.2, 0.25) is 5.02 Å². The van der Waals surface area contributed by atoms with Gasteiger partial charge in [-0.25, -0.2) is 0 Å². The first-order valence-corrected chi connectivity index (χ1v) is 8.77. The lowest BCUT2D eigenvalue weighted by Crippen LogP contribution is -2.16. The minimum atomic E-state index is 0.152. The summed E-state index contributed by atoms with van der Waals surface area (Å²) in [5.74, 6) is 1.17. The summed E-state index contributed by atoms with van der Waals surface area (Å²) in [7, 11) is 0. The van der Waals surface area contributed by atoms with Crippen molar-refractivity contribution in [1.82, 2.24) is 0 Å². The highest BCUT2D eigenvalue weighted by Crippen LogP contribution is 2.35. The van der Waals surface area contributed by atoms with Gasteiger partial charge in [-0.05, 0) is 41.7 Å². The molecule has 2 aromatic rings. The Morgan fingerprint density at radius 3 is 2.42 bits per heavy atom. The lowest BCUT2D eigenvalue weighted by Gasteiger charge is -2.25. The molecule has 0 N–H and O–H groups in total. The fourth-order valence-electron chi connectivity index (χ4n) is 2.72. The second-order valence-corrected chi connectivity index (χ2v) is 7.12. The summed E-state index contributed by atoms with van der Waals surface area (Å²) < 4.78 is 5.81. The zero-order chi connectivity index (χ0) is 17.6. The Morgan fingerprint density at radius 1 is 1.08 bits per heavy atom. The average Bonchev–Trinajstić information content (AvgIpc) is 2.57. The van der Waals surface area contributed by atoms with Crippen molar-refractivity contribution in [2.75, 3.05) is 0 Å². The molecule has 24 heavy (non-hydrogen) atoms. The molecule has 0 radical (unpaired) electrons. The Morgan fingerprint density at radius 2 is 1.79 bits per heavy atom. The molecular weight excluding hydrogens is 320 g/mol. The number of unbranched alkanes of at least 4 members (excludes halogenated alkanes) is 2. The van der Waals surface area contributed by atoms with Crippen LogP contribution in [0.1, 0.15) is 52.0 Å². The number of diazo groups is 1. The van der Waals surface area contributed by atoms with Crippen LogP contribution in [0.3, 0.4) is 0 Å². The Labute approximate surface area is 149 Å². The molecule has 0 saturated carbocycles. The SMILES string of the molecule is CCCCCC(C)(C)c1ccc(Oc2ccc(Cl)cc2[N+]#N)cc1. The molecule has 126 valence electrons. The van der Waals surface area contributed by atoms with E-state index in [1.807, 2.05) is 12.1 Å². The smallest absolute Gasteiger partial charge is 0.428 e. The molecule has 0 saturated heterocycles. The van der Waals surface area contributed by atoms with E-state index >= 15 is 0 Å². The van der Waals surface area contributed by atoms with E-state index in [9.17, 15) is 0 Å². The quantitative estimate of drug-likeness (QED) is 0.386. The van der Waals surface area contributed by atoms with Crippen molar-refractivity contribution in [2.45, 2.75) is 51.9 Å². The number of rotatable bonds is 7. The van der Waals surface area contributed by atoms with Crippen molar-refractivity contribution in [3.8, 4) is 11.5 Å². The van der Waals surface area contributed by atoms with Crippen molar-refractivity contribution >= 4 is 17.3 Å². The molecule has 0 atom stereocenters. The van der Waals surface area contributed by atoms with Gasteiger partial charge in [0.25, 0.3) is 0 Å². The van der Waals surface area contributed by atoms with Crippen LogP contribution < -0.4 is 4.74 Å². The highest BCUT2D eigenvalue weighted by molar-refractivity contribution is 6.30. The van der Waals surface area contributed by atoms with Crippen LogP contribution in [0, 0.1) is 5.39 Å². The first-order valence-electron chi connectivity index (χ1n) is 8.39. The summed E-state index contributed by atoms with van der Waals surface area (Å²) in [5.41, 5.74) is 1.76. The third-order valence-corrected chi connectivity index (χ3v) is 4.53. The van der Waals surface area contributed by atoms with Gasteiger partial charge in [0.05, 0.1) is 6.07 Å². The van der Waals surface area contributed by atoms with E-state index in [1.165, 1.54) is 31.2 Å². The Balaban J connectivity index is 2.11. The van der Waals surface area contributed by atoms with Crippen LogP contribution in [0.4, 0.5) is 5.69 Å². The lowest BCUT2D eigenvalue weighted by atomic mass is 9.80. The van der Waals surface area contributed by atoms with E-state index in [1.54, 1.807) is 18.2 Å². The second-order valence-electron chi connectivity index (χ2n) is 6.68. The van der Waals surface area contributed by atoms with Crippen LogP contribution in [-0.2, 0) is 5.41 Å². The van der Waals surface area contributed by atoms with Crippen LogP contribution in [0.5, 0.6) is 11.5 Å². The number of nitrogens with zero attached hydrogens (tertiary/aromatic N) is 2. The predicted octanol–water partition coefficient (Wildman–Crippen LogP) is 7.47. The lowest BCUT2D eigenvalue weighted by molar-refractivity contribution is 0.448. The van der Waals surface area contributed by atoms with Gasteiger partial charge in [-0.15, -0.1) is 0 Å². The predicted molar refractivity (Wildman–Crippen MR) is 99.9 cm³/mol. The first kappa shape index (κ1) is 18.3. The van der Waals surface area contributed by atoms with Crippen molar-refractivity contribution in [3.63, 3.8) is 0 Å². The minimum Gasteiger partial charge on any atom is -0.449 e. The number of benzene rings is 2. The molecule has 0 bridgehead atoms. The van der Waals surface area contributed by atoms with Crippen molar-refractivity contribution in [2.24, 2.45) is 0 Å². The molecule has 0 fully saturated rings. The Bertz CT molecular complexity index is 717. The molecule has 0 aromatic heterocycles. The number of hydrogen-bond acceptors (Lipinski definition) is 2. The van der Waals surface area contributed by atoms with Gasteiger partial charge < -0.3 is 4.74 Å². The standard InChI is InChI=1S/C20H24ClN2O/c1-4-5-6-13-20(2,3)15-7-10-17(11-8-15)24-19-12-9-16(21)14-18(19)23-22/h7-12,14H,4-6,13H2,1-3H3/q+1. The van der Waals surface area contributed by atoms with E-state index in [-0.39, 0.29) is 5.41 Å². The number of hydrogen-bond donors (Lipinski definition) is 0. The first-order chi connectivity index (χ1) is 11.5. The molecule has 0 aliphatic carbocycles. The summed E-state index contributed by atoms with van der Waals surface area (Å²) in [6, 6.07) is 13.1. The van der Waals surface area contributed by atoms with E-state index < -0.39 is 0 Å². The fourth-order valence-corrected chi connectivity index (χ4v) is 2.88. The average molecular weight is 344 g/mol. The van der Waals surface area contributed by atoms with Gasteiger partial charge >= 0.3 is 5.69 Å². The third-order valence-electron chi connectivity index (χ3n) is 4.30. The van der Waals surface area contributed by atoms with E-state index in [0.717, 1.165) is 0 Å². The minimum absolute atomic E-state index is 0.152. The topological polar surface area (TPSA) is 37.4 Å². The molecule has 0 heterocycles. The second kappa shape index (κ2) is 8.17. The third kappa shape index (κ3) is 4.72. The maximum absolute atomic E-state index is 9.06. The monoisotopic (exact) mass is 343 g/mol. The highest BCUT2D eigenvalue weighted by Gasteiger charge is 2.21. The van der Waals surface area contributed by atoms with E-state index in [2.05, 4.69) is 37.9 Å². The maximum Gasteiger partial charge on any atom is 0.428 e. The van der Waals surface area contributed by atoms with E-state index in [4.69, 9.17) is 21.7 Å². The van der Waals surface area contributed by atoms with Crippen LogP contribution >= 0.6 is 11.6 Å². The van der Waals surface area contributed by atoms with Crippen molar-refractivity contribution < 1.29 is 4.74 Å². The maximum atomic E-state index is 9.06. The van der Waals surface area contributed by atoms with Crippen LogP contribution in [0.25, 0.3) is 4.98 Å². The summed E-state index contributed by atoms with van der Waals surface area (Å²) in [6.45, 7) is 6.78. The fraction of sp³-hybridized carbons (Fsp3) is 0.400.